The Morgan fingerprint density at radius 3 is 2.64 bits per heavy atom. The molecular formula is C35H44N6O6. The van der Waals surface area contributed by atoms with Crippen molar-refractivity contribution in [1.29, 1.82) is 0 Å². The maximum absolute atomic E-state index is 14.2. The summed E-state index contributed by atoms with van der Waals surface area (Å²) in [5.74, 6) is 0.525. The van der Waals surface area contributed by atoms with Crippen LogP contribution in [0.5, 0.6) is 11.6 Å². The van der Waals surface area contributed by atoms with E-state index in [0.29, 0.717) is 35.2 Å². The van der Waals surface area contributed by atoms with E-state index in [-0.39, 0.29) is 36.9 Å². The number of aryl methyl sites for hydroxylation is 1. The third-order valence-electron chi connectivity index (χ3n) is 9.41. The molecule has 0 spiro atoms. The van der Waals surface area contributed by atoms with Crippen molar-refractivity contribution in [3.05, 3.63) is 48.2 Å². The molecule has 2 fully saturated rings. The number of nitrogens with one attached hydrogen (secondary N) is 1. The second-order valence-corrected chi connectivity index (χ2v) is 14.2. The van der Waals surface area contributed by atoms with Crippen molar-refractivity contribution in [3.8, 4) is 11.6 Å². The number of hydrogen-bond donors (Lipinski definition) is 1. The maximum Gasteiger partial charge on any atom is 0.408 e. The first-order valence-corrected chi connectivity index (χ1v) is 16.6. The minimum absolute atomic E-state index is 0.133. The Bertz CT molecular complexity index is 1630. The van der Waals surface area contributed by atoms with Gasteiger partial charge in [0.1, 0.15) is 36.3 Å². The predicted octanol–water partition coefficient (Wildman–Crippen LogP) is 4.83. The van der Waals surface area contributed by atoms with Gasteiger partial charge >= 0.3 is 6.09 Å². The lowest BCUT2D eigenvalue weighted by molar-refractivity contribution is -0.141. The third kappa shape index (κ3) is 7.47. The Balaban J connectivity index is 1.32. The number of ketones is 1. The summed E-state index contributed by atoms with van der Waals surface area (Å²) in [4.78, 5) is 60.0. The lowest BCUT2D eigenvalue weighted by Gasteiger charge is -2.35. The molecule has 250 valence electrons. The Kier molecular flexibility index (Phi) is 9.29. The van der Waals surface area contributed by atoms with Crippen LogP contribution in [0.3, 0.4) is 0 Å². The topological polar surface area (TPSA) is 146 Å². The summed E-state index contributed by atoms with van der Waals surface area (Å²) in [5, 5.41) is 2.84. The van der Waals surface area contributed by atoms with Crippen LogP contribution in [0.15, 0.2) is 36.8 Å². The summed E-state index contributed by atoms with van der Waals surface area (Å²) in [6.45, 7) is 9.50. The average Bonchev–Trinajstić information content (AvgIpc) is 3.68. The van der Waals surface area contributed by atoms with Gasteiger partial charge in [-0.15, -0.1) is 0 Å². The molecule has 0 radical (unpaired) electrons. The molecule has 2 amide bonds. The van der Waals surface area contributed by atoms with Crippen molar-refractivity contribution in [2.24, 2.45) is 17.3 Å². The minimum atomic E-state index is -0.893. The quantitative estimate of drug-likeness (QED) is 0.419. The second-order valence-electron chi connectivity index (χ2n) is 14.2. The first-order valence-electron chi connectivity index (χ1n) is 16.6. The number of Topliss-reactive ketones (excluding diaryl/α,β-unsaturated/α-hetero) is 1. The average molecular weight is 645 g/mol. The lowest BCUT2D eigenvalue weighted by Crippen LogP contribution is -2.57. The molecule has 12 heteroatoms. The number of fused-ring (bicyclic) bond motifs is 5. The van der Waals surface area contributed by atoms with Gasteiger partial charge in [0.15, 0.2) is 5.78 Å². The molecule has 6 atom stereocenters. The zero-order valence-electron chi connectivity index (χ0n) is 27.8. The van der Waals surface area contributed by atoms with E-state index in [1.807, 2.05) is 45.9 Å². The van der Waals surface area contributed by atoms with Crippen LogP contribution in [-0.4, -0.2) is 73.5 Å². The van der Waals surface area contributed by atoms with Gasteiger partial charge in [-0.1, -0.05) is 40.5 Å². The molecule has 3 aliphatic rings. The van der Waals surface area contributed by atoms with Crippen LogP contribution in [0.2, 0.25) is 0 Å². The summed E-state index contributed by atoms with van der Waals surface area (Å²) in [6, 6.07) is 3.96. The van der Waals surface area contributed by atoms with Crippen molar-refractivity contribution in [2.45, 2.75) is 104 Å². The summed E-state index contributed by atoms with van der Waals surface area (Å²) < 4.78 is 18.3. The number of carbonyl (C=O) groups excluding carboxylic acids is 3. The van der Waals surface area contributed by atoms with E-state index in [0.717, 1.165) is 43.3 Å². The predicted molar refractivity (Wildman–Crippen MR) is 173 cm³/mol. The highest BCUT2D eigenvalue weighted by Crippen LogP contribution is 2.39. The number of alkyl carbamates (subject to hydrolysis) is 1. The van der Waals surface area contributed by atoms with Crippen LogP contribution < -0.4 is 14.8 Å². The first kappa shape index (κ1) is 32.6. The van der Waals surface area contributed by atoms with E-state index < -0.39 is 29.7 Å². The fourth-order valence-electron chi connectivity index (χ4n) is 6.68. The maximum atomic E-state index is 14.2. The molecule has 0 unspecified atom stereocenters. The zero-order chi connectivity index (χ0) is 33.3. The minimum Gasteiger partial charge on any atom is -0.487 e. The summed E-state index contributed by atoms with van der Waals surface area (Å²) in [7, 11) is 0. The van der Waals surface area contributed by atoms with Gasteiger partial charge in [0.05, 0.1) is 35.5 Å². The number of rotatable bonds is 4. The monoisotopic (exact) mass is 644 g/mol. The lowest BCUT2D eigenvalue weighted by atomic mass is 9.85. The SMILES string of the molecule is CC(=O)[C@@H]1[C@H](C)[C@@H]2CN1C(=O)[C@H](C(C)(C)C)NC(=O)O[C@@H]1C[C@H]1CCCCCc1nc3ccc(OCc4cnccn4)cc3nc1O2. The highest BCUT2D eigenvalue weighted by Gasteiger charge is 2.49. The molecule has 1 saturated heterocycles. The third-order valence-corrected chi connectivity index (χ3v) is 9.41. The highest BCUT2D eigenvalue weighted by molar-refractivity contribution is 5.92. The molecule has 2 bridgehead atoms. The molecule has 3 aromatic rings. The Morgan fingerprint density at radius 2 is 1.89 bits per heavy atom. The van der Waals surface area contributed by atoms with E-state index in [9.17, 15) is 14.4 Å². The Labute approximate surface area is 275 Å². The van der Waals surface area contributed by atoms with Gasteiger partial charge in [0.25, 0.3) is 0 Å². The summed E-state index contributed by atoms with van der Waals surface area (Å²) >= 11 is 0. The van der Waals surface area contributed by atoms with Gasteiger partial charge in [-0.2, -0.15) is 0 Å². The molecule has 2 aromatic heterocycles. The van der Waals surface area contributed by atoms with Gasteiger partial charge < -0.3 is 24.4 Å². The fraction of sp³-hybridized carbons (Fsp3) is 0.571. The number of benzene rings is 1. The van der Waals surface area contributed by atoms with Crippen LogP contribution in [-0.2, 0) is 27.4 Å². The van der Waals surface area contributed by atoms with E-state index >= 15 is 0 Å². The van der Waals surface area contributed by atoms with Crippen molar-refractivity contribution < 1.29 is 28.6 Å². The van der Waals surface area contributed by atoms with E-state index in [1.54, 1.807) is 23.5 Å². The van der Waals surface area contributed by atoms with Crippen LogP contribution >= 0.6 is 0 Å². The molecule has 1 aromatic carbocycles. The zero-order valence-corrected chi connectivity index (χ0v) is 27.8. The first-order chi connectivity index (χ1) is 22.5. The number of amides is 2. The smallest absolute Gasteiger partial charge is 0.408 e. The van der Waals surface area contributed by atoms with E-state index in [1.165, 1.54) is 6.92 Å². The largest absolute Gasteiger partial charge is 0.487 e. The van der Waals surface area contributed by atoms with Crippen LogP contribution in [0.4, 0.5) is 4.79 Å². The van der Waals surface area contributed by atoms with Crippen LogP contribution in [0.1, 0.15) is 78.1 Å². The number of hydrogen-bond acceptors (Lipinski definition) is 10. The number of carbonyl (C=O) groups is 3. The van der Waals surface area contributed by atoms with Crippen LogP contribution in [0, 0.1) is 17.3 Å². The van der Waals surface area contributed by atoms with Gasteiger partial charge in [-0.05, 0) is 56.1 Å². The molecule has 6 rings (SSSR count). The van der Waals surface area contributed by atoms with Crippen molar-refractivity contribution in [1.82, 2.24) is 30.2 Å². The van der Waals surface area contributed by atoms with E-state index in [4.69, 9.17) is 24.2 Å². The standard InChI is InChI=1S/C35H44N6O6/c1-20-29-18-41(30(20)21(2)42)33(43)31(35(3,4)5)40-34(44)47-28-15-22(28)9-7-6-8-10-26-32(46-29)39-27-16-24(11-12-25(27)38-26)45-19-23-17-36-13-14-37-23/h11-14,16-17,20,22,28-31H,6-10,15,18-19H2,1-5H3,(H,40,44)/t20-,22-,28-,29+,30+,31-/m1/s1. The fourth-order valence-corrected chi connectivity index (χ4v) is 6.68. The van der Waals surface area contributed by atoms with E-state index in [2.05, 4.69) is 15.3 Å². The number of nitrogens with zero attached hydrogens (tertiary/aromatic N) is 5. The summed E-state index contributed by atoms with van der Waals surface area (Å²) in [6.07, 6.45) is 9.00. The molecule has 1 aliphatic carbocycles. The molecule has 1 N–H and O–H groups in total. The normalized spacial score (nSPS) is 27.0. The highest BCUT2D eigenvalue weighted by atomic mass is 16.6. The Morgan fingerprint density at radius 1 is 1.06 bits per heavy atom. The molecule has 4 heterocycles. The molecule has 47 heavy (non-hydrogen) atoms. The van der Waals surface area contributed by atoms with Gasteiger partial charge in [0.2, 0.25) is 11.8 Å². The summed E-state index contributed by atoms with van der Waals surface area (Å²) in [5.41, 5.74) is 2.15. The van der Waals surface area contributed by atoms with Gasteiger partial charge in [-0.25, -0.2) is 14.8 Å². The van der Waals surface area contributed by atoms with Gasteiger partial charge in [-0.3, -0.25) is 19.6 Å². The molecule has 1 saturated carbocycles. The molecule has 12 nitrogen and oxygen atoms in total. The van der Waals surface area contributed by atoms with Crippen molar-refractivity contribution in [3.63, 3.8) is 0 Å². The molecule has 2 aliphatic heterocycles. The second kappa shape index (κ2) is 13.4. The number of ether oxygens (including phenoxy) is 3. The molecular weight excluding hydrogens is 600 g/mol. The van der Waals surface area contributed by atoms with Crippen molar-refractivity contribution >= 4 is 28.8 Å². The van der Waals surface area contributed by atoms with Crippen molar-refractivity contribution in [2.75, 3.05) is 6.54 Å². The number of aromatic nitrogens is 4. The van der Waals surface area contributed by atoms with Crippen LogP contribution in [0.25, 0.3) is 11.0 Å². The Hall–Kier alpha value is -4.35. The van der Waals surface area contributed by atoms with Gasteiger partial charge in [0, 0.05) is 24.4 Å².